The predicted octanol–water partition coefficient (Wildman–Crippen LogP) is 2.33. The van der Waals surface area contributed by atoms with Gasteiger partial charge in [-0.3, -0.25) is 14.9 Å². The molecule has 1 unspecified atom stereocenters. The third-order valence-electron chi connectivity index (χ3n) is 4.11. The maximum Gasteiger partial charge on any atom is 0.269 e. The van der Waals surface area contributed by atoms with Crippen molar-refractivity contribution in [1.82, 2.24) is 5.32 Å². The first-order valence-corrected chi connectivity index (χ1v) is 7.15. The molecule has 116 valence electrons. The molecule has 3 N–H and O–H groups in total. The molecule has 0 bridgehead atoms. The average Bonchev–Trinajstić information content (AvgIpc) is 2.52. The van der Waals surface area contributed by atoms with Crippen LogP contribution < -0.4 is 11.1 Å². The summed E-state index contributed by atoms with van der Waals surface area (Å²) in [6, 6.07) is 6.16. The topological polar surface area (TPSA) is 98.3 Å². The molecule has 21 heavy (non-hydrogen) atoms. The number of non-ortho nitro benzene ring substituents is 1. The summed E-state index contributed by atoms with van der Waals surface area (Å²) < 4.78 is 0. The van der Waals surface area contributed by atoms with Crippen LogP contribution in [0.2, 0.25) is 0 Å². The zero-order valence-electron chi connectivity index (χ0n) is 12.8. The molecule has 0 saturated heterocycles. The van der Waals surface area contributed by atoms with E-state index in [9.17, 15) is 14.9 Å². The summed E-state index contributed by atoms with van der Waals surface area (Å²) >= 11 is 0. The van der Waals surface area contributed by atoms with Gasteiger partial charge in [0.1, 0.15) is 0 Å². The van der Waals surface area contributed by atoms with Gasteiger partial charge in [0.15, 0.2) is 0 Å². The number of hydrogen-bond donors (Lipinski definition) is 2. The smallest absolute Gasteiger partial charge is 0.269 e. The first-order chi connectivity index (χ1) is 9.89. The van der Waals surface area contributed by atoms with Crippen molar-refractivity contribution in [3.8, 4) is 0 Å². The Kier molecular flexibility index (Phi) is 5.84. The van der Waals surface area contributed by atoms with Crippen molar-refractivity contribution in [3.63, 3.8) is 0 Å². The Labute approximate surface area is 124 Å². The molecule has 0 radical (unpaired) electrons. The van der Waals surface area contributed by atoms with Gasteiger partial charge in [-0.25, -0.2) is 0 Å². The van der Waals surface area contributed by atoms with Crippen molar-refractivity contribution < 1.29 is 9.72 Å². The van der Waals surface area contributed by atoms with Gasteiger partial charge >= 0.3 is 0 Å². The van der Waals surface area contributed by atoms with Crippen LogP contribution in [0.25, 0.3) is 0 Å². The number of benzene rings is 1. The van der Waals surface area contributed by atoms with Gasteiger partial charge in [0.2, 0.25) is 5.91 Å². The van der Waals surface area contributed by atoms with Crippen LogP contribution in [0.3, 0.4) is 0 Å². The number of nitro groups is 1. The van der Waals surface area contributed by atoms with Crippen molar-refractivity contribution in [2.24, 2.45) is 5.73 Å². The number of nitrogens with two attached hydrogens (primary N) is 1. The Morgan fingerprint density at radius 2 is 2.05 bits per heavy atom. The molecular formula is C15H23N3O3. The van der Waals surface area contributed by atoms with Gasteiger partial charge in [0.05, 0.1) is 16.4 Å². The molecule has 0 heterocycles. The summed E-state index contributed by atoms with van der Waals surface area (Å²) in [6.45, 7) is 6.07. The molecule has 1 aromatic carbocycles. The fourth-order valence-corrected chi connectivity index (χ4v) is 2.20. The lowest BCUT2D eigenvalue weighted by atomic mass is 9.91. The molecule has 1 aromatic rings. The quantitative estimate of drug-likeness (QED) is 0.595. The highest BCUT2D eigenvalue weighted by Crippen LogP contribution is 2.22. The summed E-state index contributed by atoms with van der Waals surface area (Å²) in [4.78, 5) is 22.7. The highest BCUT2D eigenvalue weighted by atomic mass is 16.6. The van der Waals surface area contributed by atoms with E-state index in [2.05, 4.69) is 5.32 Å². The minimum absolute atomic E-state index is 0.0109. The lowest BCUT2D eigenvalue weighted by Gasteiger charge is -2.32. The number of nitrogens with one attached hydrogen (secondary N) is 1. The van der Waals surface area contributed by atoms with E-state index in [0.717, 1.165) is 12.8 Å². The van der Waals surface area contributed by atoms with Crippen molar-refractivity contribution in [1.29, 1.82) is 0 Å². The second-order valence-corrected chi connectivity index (χ2v) is 5.25. The van der Waals surface area contributed by atoms with Crippen molar-refractivity contribution >= 4 is 11.6 Å². The Morgan fingerprint density at radius 1 is 1.43 bits per heavy atom. The fourth-order valence-electron chi connectivity index (χ4n) is 2.20. The molecule has 6 nitrogen and oxygen atoms in total. The van der Waals surface area contributed by atoms with Gasteiger partial charge in [0.25, 0.3) is 5.69 Å². The largest absolute Gasteiger partial charge is 0.349 e. The number of nitrogens with zero attached hydrogens (tertiary/aromatic N) is 1. The summed E-state index contributed by atoms with van der Waals surface area (Å²) in [5.74, 6) is -0.626. The van der Waals surface area contributed by atoms with Gasteiger partial charge < -0.3 is 11.1 Å². The normalized spacial score (nSPS) is 12.8. The van der Waals surface area contributed by atoms with E-state index in [0.29, 0.717) is 12.1 Å². The Morgan fingerprint density at radius 3 is 2.52 bits per heavy atom. The van der Waals surface area contributed by atoms with E-state index in [4.69, 9.17) is 5.73 Å². The minimum atomic E-state index is -0.464. The molecule has 1 amide bonds. The van der Waals surface area contributed by atoms with Crippen LogP contribution in [0.5, 0.6) is 0 Å². The number of rotatable bonds is 7. The minimum Gasteiger partial charge on any atom is -0.349 e. The van der Waals surface area contributed by atoms with Crippen LogP contribution in [0.15, 0.2) is 24.3 Å². The maximum atomic E-state index is 12.4. The summed E-state index contributed by atoms with van der Waals surface area (Å²) in [5.41, 5.74) is 5.98. The van der Waals surface area contributed by atoms with E-state index in [-0.39, 0.29) is 11.6 Å². The van der Waals surface area contributed by atoms with Gasteiger partial charge in [-0.2, -0.15) is 0 Å². The second kappa shape index (κ2) is 7.17. The highest BCUT2D eigenvalue weighted by Gasteiger charge is 2.29. The Balaban J connectivity index is 2.92. The van der Waals surface area contributed by atoms with Crippen molar-refractivity contribution in [2.45, 2.75) is 45.1 Å². The third-order valence-corrected chi connectivity index (χ3v) is 4.11. The van der Waals surface area contributed by atoms with Crippen LogP contribution in [0, 0.1) is 10.1 Å². The molecule has 6 heteroatoms. The Bertz CT molecular complexity index is 504. The monoisotopic (exact) mass is 293 g/mol. The molecule has 0 aliphatic rings. The first-order valence-electron chi connectivity index (χ1n) is 7.15. The number of hydrogen-bond acceptors (Lipinski definition) is 4. The van der Waals surface area contributed by atoms with Crippen LogP contribution in [0.4, 0.5) is 5.69 Å². The van der Waals surface area contributed by atoms with Crippen LogP contribution >= 0.6 is 0 Å². The fraction of sp³-hybridized carbons (Fsp3) is 0.533. The zero-order valence-corrected chi connectivity index (χ0v) is 12.8. The van der Waals surface area contributed by atoms with E-state index >= 15 is 0 Å². The van der Waals surface area contributed by atoms with E-state index < -0.39 is 16.4 Å². The van der Waals surface area contributed by atoms with Crippen molar-refractivity contribution in [2.75, 3.05) is 6.54 Å². The molecule has 0 saturated carbocycles. The van der Waals surface area contributed by atoms with E-state index in [1.807, 2.05) is 13.8 Å². The van der Waals surface area contributed by atoms with Crippen molar-refractivity contribution in [3.05, 3.63) is 39.9 Å². The summed E-state index contributed by atoms with van der Waals surface area (Å²) in [7, 11) is 0. The molecule has 1 rings (SSSR count). The first kappa shape index (κ1) is 17.1. The Hall–Kier alpha value is -1.95. The van der Waals surface area contributed by atoms with Crippen LogP contribution in [-0.2, 0) is 4.79 Å². The number of carbonyl (C=O) groups is 1. The molecule has 0 aliphatic heterocycles. The van der Waals surface area contributed by atoms with Gasteiger partial charge in [0, 0.05) is 18.7 Å². The standard InChI is InChI=1S/C15H23N3O3/c1-4-15(5-2,10-16)17-14(19)11(3)12-7-6-8-13(9-12)18(20)21/h6-9,11H,4-5,10,16H2,1-3H3,(H,17,19). The lowest BCUT2D eigenvalue weighted by Crippen LogP contribution is -2.53. The average molecular weight is 293 g/mol. The maximum absolute atomic E-state index is 12.4. The molecule has 0 spiro atoms. The zero-order chi connectivity index (χ0) is 16.0. The van der Waals surface area contributed by atoms with E-state index in [1.54, 1.807) is 19.1 Å². The number of carbonyl (C=O) groups excluding carboxylic acids is 1. The predicted molar refractivity (Wildman–Crippen MR) is 82.0 cm³/mol. The van der Waals surface area contributed by atoms with E-state index in [1.165, 1.54) is 12.1 Å². The molecule has 0 aliphatic carbocycles. The summed E-state index contributed by atoms with van der Waals surface area (Å²) in [6.07, 6.45) is 1.49. The lowest BCUT2D eigenvalue weighted by molar-refractivity contribution is -0.384. The molecule has 0 aromatic heterocycles. The number of nitro benzene ring substituents is 1. The second-order valence-electron chi connectivity index (χ2n) is 5.25. The van der Waals surface area contributed by atoms with Gasteiger partial charge in [-0.05, 0) is 25.3 Å². The molecular weight excluding hydrogens is 270 g/mol. The third kappa shape index (κ3) is 4.01. The number of amides is 1. The molecule has 0 fully saturated rings. The van der Waals surface area contributed by atoms with Gasteiger partial charge in [-0.1, -0.05) is 26.0 Å². The van der Waals surface area contributed by atoms with Crippen LogP contribution in [-0.4, -0.2) is 22.9 Å². The molecule has 1 atom stereocenters. The SMILES string of the molecule is CCC(CC)(CN)NC(=O)C(C)c1cccc([N+](=O)[O-])c1. The van der Waals surface area contributed by atoms with Crippen LogP contribution in [0.1, 0.15) is 45.1 Å². The highest BCUT2D eigenvalue weighted by molar-refractivity contribution is 5.84. The summed E-state index contributed by atoms with van der Waals surface area (Å²) in [5, 5.41) is 13.8. The van der Waals surface area contributed by atoms with Gasteiger partial charge in [-0.15, -0.1) is 0 Å².